The first kappa shape index (κ1) is 23.7. The molecule has 0 saturated heterocycles. The molecule has 180 valence electrons. The molecular weight excluding hydrogens is 444 g/mol. The fraction of sp³-hybridized carbons (Fsp3) is 0.231. The van der Waals surface area contributed by atoms with Crippen LogP contribution in [0.1, 0.15) is 43.1 Å². The van der Waals surface area contributed by atoms with E-state index in [1.54, 1.807) is 36.1 Å². The van der Waals surface area contributed by atoms with Gasteiger partial charge in [-0.3, -0.25) is 19.0 Å². The molecule has 0 radical (unpaired) electrons. The van der Waals surface area contributed by atoms with Crippen molar-refractivity contribution in [2.24, 2.45) is 14.1 Å². The molecule has 2 amide bonds. The summed E-state index contributed by atoms with van der Waals surface area (Å²) in [5.74, 6) is 0.121. The van der Waals surface area contributed by atoms with Crippen LogP contribution in [0.5, 0.6) is 5.75 Å². The van der Waals surface area contributed by atoms with E-state index in [9.17, 15) is 9.59 Å². The number of anilines is 1. The molecule has 2 aromatic heterocycles. The number of aromatic nitrogens is 4. The first-order valence-electron chi connectivity index (χ1n) is 11.2. The predicted molar refractivity (Wildman–Crippen MR) is 132 cm³/mol. The number of carbonyl (C=O) groups excluding carboxylic acids is 2. The fourth-order valence-corrected chi connectivity index (χ4v) is 3.75. The van der Waals surface area contributed by atoms with Crippen molar-refractivity contribution in [3.05, 3.63) is 94.6 Å². The third-order valence-electron chi connectivity index (χ3n) is 5.53. The molecule has 35 heavy (non-hydrogen) atoms. The molecule has 9 heteroatoms. The van der Waals surface area contributed by atoms with Crippen molar-refractivity contribution in [3.63, 3.8) is 0 Å². The van der Waals surface area contributed by atoms with E-state index in [-0.39, 0.29) is 17.5 Å². The molecule has 0 bridgehead atoms. The Morgan fingerprint density at radius 3 is 2.54 bits per heavy atom. The molecule has 0 spiro atoms. The Morgan fingerprint density at radius 1 is 0.971 bits per heavy atom. The SMILES string of the molecule is Cc1ccc(OCc2cccc(C(=O)Nc3cnn(C)c3C(=O)NCc3cnn(C)c3)c2)c(C)c1. The first-order valence-corrected chi connectivity index (χ1v) is 11.2. The lowest BCUT2D eigenvalue weighted by Crippen LogP contribution is -2.26. The molecule has 0 atom stereocenters. The number of hydrogen-bond acceptors (Lipinski definition) is 5. The summed E-state index contributed by atoms with van der Waals surface area (Å²) >= 11 is 0. The second kappa shape index (κ2) is 10.3. The maximum Gasteiger partial charge on any atom is 0.271 e. The second-order valence-electron chi connectivity index (χ2n) is 8.45. The highest BCUT2D eigenvalue weighted by atomic mass is 16.5. The van der Waals surface area contributed by atoms with Crippen LogP contribution in [0, 0.1) is 13.8 Å². The van der Waals surface area contributed by atoms with Gasteiger partial charge in [-0.1, -0.05) is 29.8 Å². The summed E-state index contributed by atoms with van der Waals surface area (Å²) in [7, 11) is 3.46. The van der Waals surface area contributed by atoms with Gasteiger partial charge in [-0.25, -0.2) is 0 Å². The molecule has 2 N–H and O–H groups in total. The maximum atomic E-state index is 13.0. The number of benzene rings is 2. The van der Waals surface area contributed by atoms with Crippen molar-refractivity contribution in [2.45, 2.75) is 27.0 Å². The first-order chi connectivity index (χ1) is 16.8. The lowest BCUT2D eigenvalue weighted by Gasteiger charge is -2.11. The summed E-state index contributed by atoms with van der Waals surface area (Å²) in [6, 6.07) is 13.2. The number of nitrogens with one attached hydrogen (secondary N) is 2. The van der Waals surface area contributed by atoms with Gasteiger partial charge < -0.3 is 15.4 Å². The zero-order valence-corrected chi connectivity index (χ0v) is 20.2. The monoisotopic (exact) mass is 472 g/mol. The minimum absolute atomic E-state index is 0.261. The van der Waals surface area contributed by atoms with E-state index in [4.69, 9.17) is 4.74 Å². The summed E-state index contributed by atoms with van der Waals surface area (Å²) in [5, 5.41) is 13.9. The minimum atomic E-state index is -0.347. The van der Waals surface area contributed by atoms with Crippen molar-refractivity contribution in [1.82, 2.24) is 24.9 Å². The normalized spacial score (nSPS) is 10.7. The molecule has 2 aromatic carbocycles. The molecular formula is C26H28N6O3. The van der Waals surface area contributed by atoms with Crippen LogP contribution in [0.2, 0.25) is 0 Å². The Kier molecular flexibility index (Phi) is 6.96. The van der Waals surface area contributed by atoms with Crippen molar-refractivity contribution in [3.8, 4) is 5.75 Å². The number of nitrogens with zero attached hydrogens (tertiary/aromatic N) is 4. The second-order valence-corrected chi connectivity index (χ2v) is 8.45. The van der Waals surface area contributed by atoms with Crippen molar-refractivity contribution in [1.29, 1.82) is 0 Å². The average molecular weight is 473 g/mol. The lowest BCUT2D eigenvalue weighted by molar-refractivity contribution is 0.0942. The number of hydrogen-bond donors (Lipinski definition) is 2. The van der Waals surface area contributed by atoms with E-state index >= 15 is 0 Å². The van der Waals surface area contributed by atoms with E-state index < -0.39 is 0 Å². The standard InChI is InChI=1S/C26H28N6O3/c1-17-8-9-23(18(2)10-17)35-16-19-6-5-7-21(11-19)25(33)30-22-14-29-32(4)24(22)26(34)27-12-20-13-28-31(3)15-20/h5-11,13-15H,12,16H2,1-4H3,(H,27,34)(H,30,33). The predicted octanol–water partition coefficient (Wildman–Crippen LogP) is 3.53. The van der Waals surface area contributed by atoms with Gasteiger partial charge in [-0.05, 0) is 43.2 Å². The van der Waals surface area contributed by atoms with Gasteiger partial charge in [0.05, 0.1) is 18.1 Å². The Labute approximate surface area is 203 Å². The highest BCUT2D eigenvalue weighted by Crippen LogP contribution is 2.21. The molecule has 0 aliphatic carbocycles. The maximum absolute atomic E-state index is 13.0. The van der Waals surface area contributed by atoms with Crippen molar-refractivity contribution >= 4 is 17.5 Å². The van der Waals surface area contributed by atoms with Crippen molar-refractivity contribution < 1.29 is 14.3 Å². The Bertz CT molecular complexity index is 1370. The van der Waals surface area contributed by atoms with E-state index in [2.05, 4.69) is 26.9 Å². The van der Waals surface area contributed by atoms with E-state index in [0.29, 0.717) is 24.4 Å². The summed E-state index contributed by atoms with van der Waals surface area (Å²) in [6.45, 7) is 4.69. The van der Waals surface area contributed by atoms with Crippen LogP contribution in [-0.4, -0.2) is 31.4 Å². The van der Waals surface area contributed by atoms with Crippen molar-refractivity contribution in [2.75, 3.05) is 5.32 Å². The Hall–Kier alpha value is -4.40. The molecule has 4 rings (SSSR count). The number of aryl methyl sites for hydroxylation is 4. The van der Waals surface area contributed by atoms with Crippen LogP contribution in [0.25, 0.3) is 0 Å². The van der Waals surface area contributed by atoms with Crippen LogP contribution >= 0.6 is 0 Å². The Balaban J connectivity index is 1.42. The quantitative estimate of drug-likeness (QED) is 0.408. The highest BCUT2D eigenvalue weighted by molar-refractivity contribution is 6.08. The zero-order chi connectivity index (χ0) is 24.9. The fourth-order valence-electron chi connectivity index (χ4n) is 3.75. The van der Waals surface area contributed by atoms with E-state index in [0.717, 1.165) is 22.4 Å². The molecule has 4 aromatic rings. The summed E-state index contributed by atoms with van der Waals surface area (Å²) in [5.41, 5.74) is 5.01. The van der Waals surface area contributed by atoms with Gasteiger partial charge in [0, 0.05) is 38.0 Å². The summed E-state index contributed by atoms with van der Waals surface area (Å²) in [4.78, 5) is 25.8. The van der Waals surface area contributed by atoms with Crippen LogP contribution in [0.3, 0.4) is 0 Å². The number of ether oxygens (including phenoxy) is 1. The molecule has 2 heterocycles. The molecule has 0 saturated carbocycles. The van der Waals surface area contributed by atoms with Gasteiger partial charge in [0.15, 0.2) is 0 Å². The van der Waals surface area contributed by atoms with Gasteiger partial charge in [0.2, 0.25) is 0 Å². The van der Waals surface area contributed by atoms with Gasteiger partial charge in [0.1, 0.15) is 18.1 Å². The topological polar surface area (TPSA) is 103 Å². The Morgan fingerprint density at radius 2 is 1.80 bits per heavy atom. The van der Waals surface area contributed by atoms with Gasteiger partial charge >= 0.3 is 0 Å². The largest absolute Gasteiger partial charge is 0.489 e. The van der Waals surface area contributed by atoms with Crippen LogP contribution < -0.4 is 15.4 Å². The summed E-state index contributed by atoms with van der Waals surface area (Å²) < 4.78 is 9.04. The third-order valence-corrected chi connectivity index (χ3v) is 5.53. The average Bonchev–Trinajstić information content (AvgIpc) is 3.42. The minimum Gasteiger partial charge on any atom is -0.489 e. The lowest BCUT2D eigenvalue weighted by atomic mass is 10.1. The van der Waals surface area contributed by atoms with E-state index in [1.165, 1.54) is 16.4 Å². The third kappa shape index (κ3) is 5.75. The highest BCUT2D eigenvalue weighted by Gasteiger charge is 2.19. The number of rotatable bonds is 8. The van der Waals surface area contributed by atoms with Crippen LogP contribution in [0.15, 0.2) is 61.1 Å². The molecule has 0 fully saturated rings. The smallest absolute Gasteiger partial charge is 0.271 e. The van der Waals surface area contributed by atoms with Crippen LogP contribution in [-0.2, 0) is 27.2 Å². The zero-order valence-electron chi connectivity index (χ0n) is 20.2. The van der Waals surface area contributed by atoms with Gasteiger partial charge in [0.25, 0.3) is 11.8 Å². The van der Waals surface area contributed by atoms with Crippen LogP contribution in [0.4, 0.5) is 5.69 Å². The van der Waals surface area contributed by atoms with Gasteiger partial charge in [-0.15, -0.1) is 0 Å². The summed E-state index contributed by atoms with van der Waals surface area (Å²) in [6.07, 6.45) is 4.97. The molecule has 0 unspecified atom stereocenters. The molecule has 0 aliphatic rings. The van der Waals surface area contributed by atoms with Gasteiger partial charge in [-0.2, -0.15) is 10.2 Å². The molecule has 9 nitrogen and oxygen atoms in total. The number of carbonyl (C=O) groups is 2. The van der Waals surface area contributed by atoms with E-state index in [1.807, 2.05) is 45.3 Å². The number of amides is 2. The molecule has 0 aliphatic heterocycles.